The smallest absolute Gasteiger partial charge is 0.0831 e. The summed E-state index contributed by atoms with van der Waals surface area (Å²) in [6.45, 7) is 7.60. The minimum atomic E-state index is -0.116. The van der Waals surface area contributed by atoms with Crippen molar-refractivity contribution in [2.24, 2.45) is 5.73 Å². The molecule has 2 heterocycles. The van der Waals surface area contributed by atoms with E-state index in [4.69, 9.17) is 10.5 Å². The Kier molecular flexibility index (Phi) is 3.76. The summed E-state index contributed by atoms with van der Waals surface area (Å²) in [4.78, 5) is 6.43. The van der Waals surface area contributed by atoms with E-state index in [0.717, 1.165) is 19.6 Å². The van der Waals surface area contributed by atoms with Gasteiger partial charge in [-0.25, -0.2) is 0 Å². The van der Waals surface area contributed by atoms with Gasteiger partial charge in [0.05, 0.1) is 11.7 Å². The number of ether oxygens (including phenoxy) is 1. The van der Waals surface area contributed by atoms with Crippen molar-refractivity contribution < 1.29 is 4.74 Å². The van der Waals surface area contributed by atoms with Crippen molar-refractivity contribution in [3.8, 4) is 0 Å². The summed E-state index contributed by atoms with van der Waals surface area (Å²) in [5.41, 5.74) is 6.89. The predicted molar refractivity (Wildman–Crippen MR) is 67.5 cm³/mol. The number of pyridine rings is 1. The van der Waals surface area contributed by atoms with Crippen LogP contribution in [0.4, 0.5) is 0 Å². The molecule has 1 saturated heterocycles. The molecule has 1 atom stereocenters. The van der Waals surface area contributed by atoms with E-state index in [9.17, 15) is 0 Å². The van der Waals surface area contributed by atoms with E-state index in [1.165, 1.54) is 5.56 Å². The monoisotopic (exact) mass is 235 g/mol. The Bertz CT molecular complexity index is 353. The second-order valence-corrected chi connectivity index (χ2v) is 5.26. The van der Waals surface area contributed by atoms with Gasteiger partial charge in [0.2, 0.25) is 0 Å². The van der Waals surface area contributed by atoms with Crippen LogP contribution >= 0.6 is 0 Å². The lowest BCUT2D eigenvalue weighted by atomic mass is 10.0. The number of nitrogens with zero attached hydrogens (tertiary/aromatic N) is 2. The van der Waals surface area contributed by atoms with Gasteiger partial charge in [-0.1, -0.05) is 0 Å². The molecule has 0 radical (unpaired) electrons. The van der Waals surface area contributed by atoms with Crippen LogP contribution < -0.4 is 5.73 Å². The zero-order valence-corrected chi connectivity index (χ0v) is 10.6. The predicted octanol–water partition coefficient (Wildman–Crippen LogP) is 1.02. The standard InChI is InChI=1S/C13H21N3O/c1-13(2)10-16(9-12(7-14)17-13)8-11-3-5-15-6-4-11/h3-6,12H,7-10,14H2,1-2H3. The maximum Gasteiger partial charge on any atom is 0.0831 e. The van der Waals surface area contributed by atoms with Crippen LogP contribution in [0.1, 0.15) is 19.4 Å². The van der Waals surface area contributed by atoms with Crippen molar-refractivity contribution >= 4 is 0 Å². The Morgan fingerprint density at radius 2 is 2.18 bits per heavy atom. The highest BCUT2D eigenvalue weighted by Gasteiger charge is 2.32. The molecule has 2 N–H and O–H groups in total. The Balaban J connectivity index is 2.01. The third-order valence-corrected chi connectivity index (χ3v) is 2.97. The van der Waals surface area contributed by atoms with E-state index in [1.807, 2.05) is 12.4 Å². The fourth-order valence-corrected chi connectivity index (χ4v) is 2.41. The van der Waals surface area contributed by atoms with Crippen molar-refractivity contribution in [2.45, 2.75) is 32.1 Å². The van der Waals surface area contributed by atoms with Gasteiger partial charge < -0.3 is 10.5 Å². The van der Waals surface area contributed by atoms with Gasteiger partial charge in [0.15, 0.2) is 0 Å². The molecule has 0 spiro atoms. The topological polar surface area (TPSA) is 51.4 Å². The molecular weight excluding hydrogens is 214 g/mol. The molecule has 0 aromatic carbocycles. The first-order valence-corrected chi connectivity index (χ1v) is 6.08. The summed E-state index contributed by atoms with van der Waals surface area (Å²) in [7, 11) is 0. The van der Waals surface area contributed by atoms with Gasteiger partial charge in [0.25, 0.3) is 0 Å². The van der Waals surface area contributed by atoms with Gasteiger partial charge >= 0.3 is 0 Å². The van der Waals surface area contributed by atoms with E-state index < -0.39 is 0 Å². The van der Waals surface area contributed by atoms with E-state index >= 15 is 0 Å². The molecule has 4 nitrogen and oxygen atoms in total. The van der Waals surface area contributed by atoms with Gasteiger partial charge in [0.1, 0.15) is 0 Å². The van der Waals surface area contributed by atoms with Crippen LogP contribution in [0.5, 0.6) is 0 Å². The SMILES string of the molecule is CC1(C)CN(Cc2ccncc2)CC(CN)O1. The highest BCUT2D eigenvalue weighted by Crippen LogP contribution is 2.21. The molecule has 1 fully saturated rings. The number of aromatic nitrogens is 1. The van der Waals surface area contributed by atoms with E-state index in [1.54, 1.807) is 0 Å². The molecule has 94 valence electrons. The Labute approximate surface area is 103 Å². The van der Waals surface area contributed by atoms with Crippen molar-refractivity contribution in [1.82, 2.24) is 9.88 Å². The van der Waals surface area contributed by atoms with Gasteiger partial charge in [-0.3, -0.25) is 9.88 Å². The number of morpholine rings is 1. The maximum atomic E-state index is 5.91. The van der Waals surface area contributed by atoms with Crippen LogP contribution in [-0.4, -0.2) is 41.2 Å². The summed E-state index contributed by atoms with van der Waals surface area (Å²) in [6, 6.07) is 4.11. The minimum Gasteiger partial charge on any atom is -0.368 e. The maximum absolute atomic E-state index is 5.91. The lowest BCUT2D eigenvalue weighted by molar-refractivity contribution is -0.133. The quantitative estimate of drug-likeness (QED) is 0.850. The Hall–Kier alpha value is -0.970. The van der Waals surface area contributed by atoms with Gasteiger partial charge in [0, 0.05) is 38.6 Å². The summed E-state index contributed by atoms with van der Waals surface area (Å²) in [5.74, 6) is 0. The molecule has 1 aromatic rings. The van der Waals surface area contributed by atoms with Crippen LogP contribution in [0.2, 0.25) is 0 Å². The zero-order valence-electron chi connectivity index (χ0n) is 10.6. The molecule has 0 aliphatic carbocycles. The lowest BCUT2D eigenvalue weighted by Crippen LogP contribution is -2.54. The van der Waals surface area contributed by atoms with Crippen molar-refractivity contribution in [1.29, 1.82) is 0 Å². The van der Waals surface area contributed by atoms with E-state index in [2.05, 4.69) is 35.9 Å². The highest BCUT2D eigenvalue weighted by atomic mass is 16.5. The minimum absolute atomic E-state index is 0.116. The zero-order chi connectivity index (χ0) is 12.3. The van der Waals surface area contributed by atoms with Crippen molar-refractivity contribution in [3.05, 3.63) is 30.1 Å². The fourth-order valence-electron chi connectivity index (χ4n) is 2.41. The summed E-state index contributed by atoms with van der Waals surface area (Å²) in [5, 5.41) is 0. The van der Waals surface area contributed by atoms with E-state index in [0.29, 0.717) is 6.54 Å². The van der Waals surface area contributed by atoms with Crippen LogP contribution in [0.3, 0.4) is 0 Å². The summed E-state index contributed by atoms with van der Waals surface area (Å²) >= 11 is 0. The third-order valence-electron chi connectivity index (χ3n) is 2.97. The number of nitrogens with two attached hydrogens (primary N) is 1. The van der Waals surface area contributed by atoms with E-state index in [-0.39, 0.29) is 11.7 Å². The molecular formula is C13H21N3O. The molecule has 2 rings (SSSR count). The third kappa shape index (κ3) is 3.49. The fraction of sp³-hybridized carbons (Fsp3) is 0.615. The summed E-state index contributed by atoms with van der Waals surface area (Å²) in [6.07, 6.45) is 3.81. The molecule has 0 saturated carbocycles. The lowest BCUT2D eigenvalue weighted by Gasteiger charge is -2.42. The summed E-state index contributed by atoms with van der Waals surface area (Å²) < 4.78 is 5.91. The molecule has 17 heavy (non-hydrogen) atoms. The average molecular weight is 235 g/mol. The largest absolute Gasteiger partial charge is 0.368 e. The van der Waals surface area contributed by atoms with Crippen LogP contribution in [0, 0.1) is 0 Å². The Morgan fingerprint density at radius 3 is 2.82 bits per heavy atom. The molecule has 0 bridgehead atoms. The van der Waals surface area contributed by atoms with Gasteiger partial charge in [-0.05, 0) is 31.5 Å². The van der Waals surface area contributed by atoms with Crippen molar-refractivity contribution in [3.63, 3.8) is 0 Å². The van der Waals surface area contributed by atoms with Crippen LogP contribution in [-0.2, 0) is 11.3 Å². The molecule has 1 aromatic heterocycles. The first-order chi connectivity index (χ1) is 8.09. The molecule has 1 unspecified atom stereocenters. The van der Waals surface area contributed by atoms with Crippen LogP contribution in [0.25, 0.3) is 0 Å². The first-order valence-electron chi connectivity index (χ1n) is 6.08. The molecule has 1 aliphatic heterocycles. The molecule has 4 heteroatoms. The normalized spacial score (nSPS) is 24.8. The average Bonchev–Trinajstić information content (AvgIpc) is 2.28. The first kappa shape index (κ1) is 12.5. The number of hydrogen-bond donors (Lipinski definition) is 1. The van der Waals surface area contributed by atoms with Gasteiger partial charge in [-0.15, -0.1) is 0 Å². The van der Waals surface area contributed by atoms with Crippen LogP contribution in [0.15, 0.2) is 24.5 Å². The van der Waals surface area contributed by atoms with Crippen molar-refractivity contribution in [2.75, 3.05) is 19.6 Å². The number of hydrogen-bond acceptors (Lipinski definition) is 4. The highest BCUT2D eigenvalue weighted by molar-refractivity contribution is 5.09. The second kappa shape index (κ2) is 5.12. The molecule has 1 aliphatic rings. The Morgan fingerprint density at radius 1 is 1.47 bits per heavy atom. The number of rotatable bonds is 3. The second-order valence-electron chi connectivity index (χ2n) is 5.26. The van der Waals surface area contributed by atoms with Gasteiger partial charge in [-0.2, -0.15) is 0 Å². The molecule has 0 amide bonds.